The molecule has 0 radical (unpaired) electrons. The number of carbonyl (C=O) groups excluding carboxylic acids is 1. The molecule has 1 atom stereocenters. The number of carbonyl (C=O) groups is 1. The van der Waals surface area contributed by atoms with E-state index < -0.39 is 0 Å². The van der Waals surface area contributed by atoms with Gasteiger partial charge in [0.2, 0.25) is 0 Å². The first kappa shape index (κ1) is 10.8. The quantitative estimate of drug-likeness (QED) is 0.764. The molecule has 1 aliphatic rings. The number of imidazole rings is 1. The zero-order valence-electron chi connectivity index (χ0n) is 9.50. The zero-order valence-corrected chi connectivity index (χ0v) is 10.3. The Balaban J connectivity index is 2.03. The van der Waals surface area contributed by atoms with E-state index in [1.807, 2.05) is 40.6 Å². The van der Waals surface area contributed by atoms with Crippen molar-refractivity contribution in [2.45, 2.75) is 18.8 Å². The normalized spacial score (nSPS) is 20.6. The summed E-state index contributed by atoms with van der Waals surface area (Å²) >= 11 is 2.00. The van der Waals surface area contributed by atoms with E-state index in [1.54, 1.807) is 0 Å². The summed E-state index contributed by atoms with van der Waals surface area (Å²) < 4.78 is 1.89. The lowest BCUT2D eigenvalue weighted by atomic mass is 10.0. The molecule has 2 aromatic heterocycles. The van der Waals surface area contributed by atoms with Crippen LogP contribution in [0.15, 0.2) is 24.4 Å². The monoisotopic (exact) mass is 246 g/mol. The highest BCUT2D eigenvalue weighted by atomic mass is 32.2. The second-order valence-electron chi connectivity index (χ2n) is 4.38. The van der Waals surface area contributed by atoms with Crippen molar-refractivity contribution < 1.29 is 4.79 Å². The van der Waals surface area contributed by atoms with Crippen molar-refractivity contribution in [2.24, 2.45) is 0 Å². The largest absolute Gasteiger partial charge is 0.297 e. The maximum absolute atomic E-state index is 11.0. The van der Waals surface area contributed by atoms with Crippen molar-refractivity contribution in [1.82, 2.24) is 9.38 Å². The number of thioether (sulfide) groups is 1. The Morgan fingerprint density at radius 3 is 3.18 bits per heavy atom. The standard InChI is InChI=1S/C13H14N2OS/c16-8-11-4-1-5-13-14-12(7-15(11)13)10-3-2-6-17-9-10/h1,4-5,7-8,10H,2-3,6,9H2. The molecule has 3 nitrogen and oxygen atoms in total. The number of aldehydes is 1. The van der Waals surface area contributed by atoms with Gasteiger partial charge in [0.25, 0.3) is 0 Å². The van der Waals surface area contributed by atoms with Crippen molar-refractivity contribution in [3.8, 4) is 0 Å². The Morgan fingerprint density at radius 1 is 1.47 bits per heavy atom. The molecule has 1 unspecified atom stereocenters. The molecule has 0 spiro atoms. The lowest BCUT2D eigenvalue weighted by Gasteiger charge is -2.18. The van der Waals surface area contributed by atoms with Gasteiger partial charge in [-0.25, -0.2) is 4.98 Å². The molecule has 1 aliphatic heterocycles. The molecule has 4 heteroatoms. The molecule has 2 aromatic rings. The van der Waals surface area contributed by atoms with Crippen molar-refractivity contribution in [3.05, 3.63) is 35.8 Å². The molecular formula is C13H14N2OS. The van der Waals surface area contributed by atoms with Gasteiger partial charge in [-0.15, -0.1) is 0 Å². The molecule has 0 bridgehead atoms. The molecule has 0 aromatic carbocycles. The Morgan fingerprint density at radius 2 is 2.41 bits per heavy atom. The SMILES string of the molecule is O=Cc1cccc2nc(C3CCCSC3)cn12. The fourth-order valence-corrected chi connectivity index (χ4v) is 3.48. The Hall–Kier alpha value is -1.29. The number of rotatable bonds is 2. The van der Waals surface area contributed by atoms with Crippen molar-refractivity contribution in [2.75, 3.05) is 11.5 Å². The topological polar surface area (TPSA) is 34.4 Å². The molecule has 1 saturated heterocycles. The van der Waals surface area contributed by atoms with Gasteiger partial charge in [-0.05, 0) is 30.7 Å². The van der Waals surface area contributed by atoms with Crippen LogP contribution in [0.4, 0.5) is 0 Å². The number of fused-ring (bicyclic) bond motifs is 1. The fraction of sp³-hybridized carbons (Fsp3) is 0.385. The first-order valence-corrected chi connectivity index (χ1v) is 7.05. The van der Waals surface area contributed by atoms with Gasteiger partial charge in [-0.1, -0.05) is 6.07 Å². The summed E-state index contributed by atoms with van der Waals surface area (Å²) in [4.78, 5) is 15.6. The fourth-order valence-electron chi connectivity index (χ4n) is 2.32. The molecule has 17 heavy (non-hydrogen) atoms. The maximum Gasteiger partial charge on any atom is 0.166 e. The zero-order chi connectivity index (χ0) is 11.7. The lowest BCUT2D eigenvalue weighted by molar-refractivity contribution is 0.111. The third-order valence-electron chi connectivity index (χ3n) is 3.24. The van der Waals surface area contributed by atoms with E-state index in [0.717, 1.165) is 23.4 Å². The van der Waals surface area contributed by atoms with Gasteiger partial charge in [0, 0.05) is 17.9 Å². The van der Waals surface area contributed by atoms with Crippen LogP contribution in [0, 0.1) is 0 Å². The molecule has 3 rings (SSSR count). The summed E-state index contributed by atoms with van der Waals surface area (Å²) in [5.74, 6) is 2.97. The van der Waals surface area contributed by atoms with Crippen molar-refractivity contribution in [3.63, 3.8) is 0 Å². The van der Waals surface area contributed by atoms with Gasteiger partial charge in [-0.3, -0.25) is 9.20 Å². The highest BCUT2D eigenvalue weighted by molar-refractivity contribution is 7.99. The van der Waals surface area contributed by atoms with E-state index in [-0.39, 0.29) is 0 Å². The van der Waals surface area contributed by atoms with Gasteiger partial charge in [0.05, 0.1) is 11.4 Å². The van der Waals surface area contributed by atoms with Gasteiger partial charge >= 0.3 is 0 Å². The summed E-state index contributed by atoms with van der Waals surface area (Å²) in [6, 6.07) is 5.65. The Labute approximate surface area is 104 Å². The van der Waals surface area contributed by atoms with Crippen LogP contribution >= 0.6 is 11.8 Å². The highest BCUT2D eigenvalue weighted by Crippen LogP contribution is 2.30. The minimum Gasteiger partial charge on any atom is -0.297 e. The number of nitrogens with zero attached hydrogens (tertiary/aromatic N) is 2. The minimum atomic E-state index is 0.549. The van der Waals surface area contributed by atoms with Crippen molar-refractivity contribution in [1.29, 1.82) is 0 Å². The van der Waals surface area contributed by atoms with Crippen LogP contribution in [0.5, 0.6) is 0 Å². The number of aromatic nitrogens is 2. The number of hydrogen-bond donors (Lipinski definition) is 0. The van der Waals surface area contributed by atoms with Gasteiger partial charge < -0.3 is 0 Å². The molecule has 88 valence electrons. The van der Waals surface area contributed by atoms with Crippen LogP contribution < -0.4 is 0 Å². The summed E-state index contributed by atoms with van der Waals surface area (Å²) in [6.07, 6.45) is 5.39. The van der Waals surface area contributed by atoms with Crippen LogP contribution in [-0.4, -0.2) is 27.2 Å². The summed E-state index contributed by atoms with van der Waals surface area (Å²) in [5.41, 5.74) is 2.68. The summed E-state index contributed by atoms with van der Waals surface area (Å²) in [7, 11) is 0. The Kier molecular flexibility index (Phi) is 2.89. The van der Waals surface area contributed by atoms with E-state index in [4.69, 9.17) is 0 Å². The third-order valence-corrected chi connectivity index (χ3v) is 4.46. The third kappa shape index (κ3) is 1.97. The molecule has 0 N–H and O–H groups in total. The van der Waals surface area contributed by atoms with E-state index in [2.05, 4.69) is 4.98 Å². The molecular weight excluding hydrogens is 232 g/mol. The molecule has 0 saturated carbocycles. The Bertz CT molecular complexity index is 543. The molecule has 1 fully saturated rings. The van der Waals surface area contributed by atoms with Gasteiger partial charge in [-0.2, -0.15) is 11.8 Å². The first-order valence-electron chi connectivity index (χ1n) is 5.89. The smallest absolute Gasteiger partial charge is 0.166 e. The summed E-state index contributed by atoms with van der Waals surface area (Å²) in [5, 5.41) is 0. The van der Waals surface area contributed by atoms with E-state index in [1.165, 1.54) is 18.6 Å². The molecule has 0 aliphatic carbocycles. The van der Waals surface area contributed by atoms with Crippen molar-refractivity contribution >= 4 is 23.7 Å². The highest BCUT2D eigenvalue weighted by Gasteiger charge is 2.19. The van der Waals surface area contributed by atoms with Crippen LogP contribution in [0.25, 0.3) is 5.65 Å². The number of hydrogen-bond acceptors (Lipinski definition) is 3. The lowest BCUT2D eigenvalue weighted by Crippen LogP contribution is -2.08. The van der Waals surface area contributed by atoms with Gasteiger partial charge in [0.1, 0.15) is 5.65 Å². The second kappa shape index (κ2) is 4.53. The van der Waals surface area contributed by atoms with Crippen LogP contribution in [0.2, 0.25) is 0 Å². The van der Waals surface area contributed by atoms with E-state index in [0.29, 0.717) is 11.6 Å². The maximum atomic E-state index is 11.0. The average molecular weight is 246 g/mol. The van der Waals surface area contributed by atoms with Crippen LogP contribution in [0.3, 0.4) is 0 Å². The predicted molar refractivity (Wildman–Crippen MR) is 69.9 cm³/mol. The summed E-state index contributed by atoms with van der Waals surface area (Å²) in [6.45, 7) is 0. The van der Waals surface area contributed by atoms with E-state index >= 15 is 0 Å². The van der Waals surface area contributed by atoms with Crippen LogP contribution in [-0.2, 0) is 0 Å². The van der Waals surface area contributed by atoms with Crippen LogP contribution in [0.1, 0.15) is 34.9 Å². The minimum absolute atomic E-state index is 0.549. The predicted octanol–water partition coefficient (Wildman–Crippen LogP) is 2.76. The average Bonchev–Trinajstić information content (AvgIpc) is 2.83. The van der Waals surface area contributed by atoms with Gasteiger partial charge in [0.15, 0.2) is 6.29 Å². The second-order valence-corrected chi connectivity index (χ2v) is 5.53. The number of pyridine rings is 1. The first-order chi connectivity index (χ1) is 8.38. The molecule has 0 amide bonds. The molecule has 3 heterocycles. The van der Waals surface area contributed by atoms with E-state index in [9.17, 15) is 4.79 Å².